The Labute approximate surface area is 171 Å². The van der Waals surface area contributed by atoms with Gasteiger partial charge < -0.3 is 9.72 Å². The first kappa shape index (κ1) is 19.3. The Hall–Kier alpha value is -3.06. The molecule has 2 aromatic carbocycles. The minimum atomic E-state index is -0.454. The summed E-state index contributed by atoms with van der Waals surface area (Å²) < 4.78 is 6.52. The van der Waals surface area contributed by atoms with Crippen LogP contribution in [0.15, 0.2) is 58.5 Å². The molecule has 0 aliphatic carbocycles. The number of aromatic nitrogens is 3. The Morgan fingerprint density at radius 1 is 1.21 bits per heavy atom. The number of ether oxygens (including phenoxy) is 1. The number of thioether (sulfide) groups is 1. The summed E-state index contributed by atoms with van der Waals surface area (Å²) in [6, 6.07) is 15.3. The molecule has 0 unspecified atom stereocenters. The number of esters is 1. The molecule has 0 aliphatic heterocycles. The molecule has 4 rings (SSSR count). The molecule has 0 saturated carbocycles. The van der Waals surface area contributed by atoms with Gasteiger partial charge in [-0.1, -0.05) is 55.1 Å². The molecule has 6 nitrogen and oxygen atoms in total. The van der Waals surface area contributed by atoms with Gasteiger partial charge in [-0.3, -0.25) is 14.2 Å². The lowest BCUT2D eigenvalue weighted by atomic mass is 10.2. The highest BCUT2D eigenvalue weighted by Gasteiger charge is 2.24. The molecule has 7 heteroatoms. The largest absolute Gasteiger partial charge is 0.468 e. The van der Waals surface area contributed by atoms with Crippen molar-refractivity contribution in [2.75, 3.05) is 7.11 Å². The third kappa shape index (κ3) is 3.31. The minimum Gasteiger partial charge on any atom is -0.468 e. The predicted molar refractivity (Wildman–Crippen MR) is 116 cm³/mol. The molecule has 1 N–H and O–H groups in total. The van der Waals surface area contributed by atoms with Crippen molar-refractivity contribution >= 4 is 39.7 Å². The van der Waals surface area contributed by atoms with Crippen LogP contribution in [-0.2, 0) is 9.53 Å². The zero-order chi connectivity index (χ0) is 20.5. The van der Waals surface area contributed by atoms with Gasteiger partial charge in [-0.2, -0.15) is 0 Å². The van der Waals surface area contributed by atoms with E-state index in [1.54, 1.807) is 4.57 Å². The van der Waals surface area contributed by atoms with Gasteiger partial charge in [-0.05, 0) is 31.0 Å². The number of nitrogens with one attached hydrogen (secondary N) is 1. The molecule has 0 radical (unpaired) electrons. The first-order chi connectivity index (χ1) is 14.0. The maximum absolute atomic E-state index is 13.5. The molecule has 0 amide bonds. The molecule has 1 atom stereocenters. The van der Waals surface area contributed by atoms with Gasteiger partial charge in [0.05, 0.1) is 12.8 Å². The summed E-state index contributed by atoms with van der Waals surface area (Å²) in [5.41, 5.74) is 3.41. The SMILES string of the molecule is CC[C@H](Sc1nc2c([nH]c3ccccc32)c(=O)n1-c1ccccc1C)C(=O)OC. The molecular weight excluding hydrogens is 386 g/mol. The first-order valence-corrected chi connectivity index (χ1v) is 10.3. The molecule has 4 aromatic rings. The lowest BCUT2D eigenvalue weighted by molar-refractivity contribution is -0.140. The van der Waals surface area contributed by atoms with Crippen LogP contribution in [0.25, 0.3) is 27.6 Å². The molecule has 148 valence electrons. The highest BCUT2D eigenvalue weighted by Crippen LogP contribution is 2.30. The standard InChI is InChI=1S/C22H21N3O3S/c1-4-17(21(27)28-3)29-22-24-18-14-10-6-7-11-15(14)23-19(18)20(26)25(22)16-12-8-5-9-13(16)2/h5-12,17,23H,4H2,1-3H3/t17-/m0/s1. The number of hydrogen-bond donors (Lipinski definition) is 1. The number of aromatic amines is 1. The number of nitrogens with zero attached hydrogens (tertiary/aromatic N) is 2. The normalized spacial score (nSPS) is 12.4. The second-order valence-corrected chi connectivity index (χ2v) is 7.92. The Balaban J connectivity index is 2.04. The van der Waals surface area contributed by atoms with Crippen LogP contribution < -0.4 is 5.56 Å². The molecule has 2 aromatic heterocycles. The zero-order valence-electron chi connectivity index (χ0n) is 16.4. The number of carbonyl (C=O) groups is 1. The summed E-state index contributed by atoms with van der Waals surface area (Å²) in [4.78, 5) is 33.8. The fraction of sp³-hybridized carbons (Fsp3) is 0.227. The van der Waals surface area contributed by atoms with Crippen molar-refractivity contribution in [1.29, 1.82) is 0 Å². The molecule has 0 bridgehead atoms. The number of hydrogen-bond acceptors (Lipinski definition) is 5. The van der Waals surface area contributed by atoms with Crippen molar-refractivity contribution < 1.29 is 9.53 Å². The molecule has 0 spiro atoms. The summed E-state index contributed by atoms with van der Waals surface area (Å²) in [6.45, 7) is 3.86. The average molecular weight is 407 g/mol. The Bertz CT molecular complexity index is 1280. The third-order valence-corrected chi connectivity index (χ3v) is 6.23. The van der Waals surface area contributed by atoms with Gasteiger partial charge in [0.1, 0.15) is 16.3 Å². The van der Waals surface area contributed by atoms with E-state index >= 15 is 0 Å². The Morgan fingerprint density at radius 3 is 2.66 bits per heavy atom. The lowest BCUT2D eigenvalue weighted by Gasteiger charge is -2.17. The van der Waals surface area contributed by atoms with E-state index < -0.39 is 5.25 Å². The van der Waals surface area contributed by atoms with Gasteiger partial charge in [0, 0.05) is 10.9 Å². The predicted octanol–water partition coefficient (Wildman–Crippen LogP) is 4.22. The van der Waals surface area contributed by atoms with Crippen LogP contribution in [0.1, 0.15) is 18.9 Å². The second kappa shape index (κ2) is 7.75. The topological polar surface area (TPSA) is 77.0 Å². The van der Waals surface area contributed by atoms with Crippen molar-refractivity contribution in [2.24, 2.45) is 0 Å². The van der Waals surface area contributed by atoms with Crippen LogP contribution in [0, 0.1) is 6.92 Å². The van der Waals surface area contributed by atoms with E-state index in [0.29, 0.717) is 22.6 Å². The summed E-state index contributed by atoms with van der Waals surface area (Å²) in [6.07, 6.45) is 0.562. The van der Waals surface area contributed by atoms with E-state index in [0.717, 1.165) is 22.2 Å². The van der Waals surface area contributed by atoms with Gasteiger partial charge in [0.25, 0.3) is 5.56 Å². The van der Waals surface area contributed by atoms with E-state index in [2.05, 4.69) is 4.98 Å². The van der Waals surface area contributed by atoms with E-state index in [-0.39, 0.29) is 11.5 Å². The van der Waals surface area contributed by atoms with Crippen LogP contribution >= 0.6 is 11.8 Å². The number of rotatable bonds is 5. The van der Waals surface area contributed by atoms with Gasteiger partial charge in [-0.25, -0.2) is 4.98 Å². The smallest absolute Gasteiger partial charge is 0.319 e. The molecule has 29 heavy (non-hydrogen) atoms. The minimum absolute atomic E-state index is 0.192. The number of methoxy groups -OCH3 is 1. The number of fused-ring (bicyclic) bond motifs is 3. The van der Waals surface area contributed by atoms with Crippen molar-refractivity contribution in [1.82, 2.24) is 14.5 Å². The number of aryl methyl sites for hydroxylation is 1. The quantitative estimate of drug-likeness (QED) is 0.304. The summed E-state index contributed by atoms with van der Waals surface area (Å²) in [5, 5.41) is 0.896. The van der Waals surface area contributed by atoms with Crippen molar-refractivity contribution in [3.63, 3.8) is 0 Å². The number of H-pyrrole nitrogens is 1. The molecule has 0 aliphatic rings. The van der Waals surface area contributed by atoms with Crippen molar-refractivity contribution in [3.05, 3.63) is 64.4 Å². The Morgan fingerprint density at radius 2 is 1.93 bits per heavy atom. The third-order valence-electron chi connectivity index (χ3n) is 4.93. The van der Waals surface area contributed by atoms with E-state index in [1.165, 1.54) is 18.9 Å². The van der Waals surface area contributed by atoms with Gasteiger partial charge >= 0.3 is 5.97 Å². The Kier molecular flexibility index (Phi) is 5.15. The van der Waals surface area contributed by atoms with E-state index in [9.17, 15) is 9.59 Å². The zero-order valence-corrected chi connectivity index (χ0v) is 17.2. The summed E-state index contributed by atoms with van der Waals surface area (Å²) >= 11 is 1.26. The number of carbonyl (C=O) groups excluding carboxylic acids is 1. The fourth-order valence-corrected chi connectivity index (χ4v) is 4.45. The number of benzene rings is 2. The van der Waals surface area contributed by atoms with Gasteiger partial charge in [0.15, 0.2) is 5.16 Å². The summed E-state index contributed by atoms with van der Waals surface area (Å²) in [5.74, 6) is -0.331. The maximum atomic E-state index is 13.5. The van der Waals surface area contributed by atoms with Crippen LogP contribution in [0.5, 0.6) is 0 Å². The monoisotopic (exact) mass is 407 g/mol. The fourth-order valence-electron chi connectivity index (χ4n) is 3.40. The van der Waals surface area contributed by atoms with Gasteiger partial charge in [-0.15, -0.1) is 0 Å². The van der Waals surface area contributed by atoms with Crippen LogP contribution in [0.3, 0.4) is 0 Å². The maximum Gasteiger partial charge on any atom is 0.319 e. The first-order valence-electron chi connectivity index (χ1n) is 9.39. The molecule has 2 heterocycles. The second-order valence-electron chi connectivity index (χ2n) is 6.75. The highest BCUT2D eigenvalue weighted by atomic mass is 32.2. The van der Waals surface area contributed by atoms with Crippen molar-refractivity contribution in [3.8, 4) is 5.69 Å². The van der Waals surface area contributed by atoms with Crippen LogP contribution in [-0.4, -0.2) is 32.9 Å². The molecule has 0 fully saturated rings. The lowest BCUT2D eigenvalue weighted by Crippen LogP contribution is -2.25. The molecular formula is C22H21N3O3S. The van der Waals surface area contributed by atoms with E-state index in [4.69, 9.17) is 9.72 Å². The van der Waals surface area contributed by atoms with Crippen molar-refractivity contribution in [2.45, 2.75) is 30.7 Å². The highest BCUT2D eigenvalue weighted by molar-refractivity contribution is 8.00. The molecule has 0 saturated heterocycles. The average Bonchev–Trinajstić information content (AvgIpc) is 3.11. The van der Waals surface area contributed by atoms with E-state index in [1.807, 2.05) is 62.4 Å². The van der Waals surface area contributed by atoms with Gasteiger partial charge in [0.2, 0.25) is 0 Å². The van der Waals surface area contributed by atoms with Crippen LogP contribution in [0.2, 0.25) is 0 Å². The van der Waals surface area contributed by atoms with Crippen LogP contribution in [0.4, 0.5) is 0 Å². The summed E-state index contributed by atoms with van der Waals surface area (Å²) in [7, 11) is 1.37. The number of para-hydroxylation sites is 2.